The quantitative estimate of drug-likeness (QED) is 0.417. The molecule has 4 nitrogen and oxygen atoms in total. The third-order valence-electron chi connectivity index (χ3n) is 6.88. The SMILES string of the molecule is Clc1ccc(N2CCC(Cc3c(C4CC4)ccc4cncn34)CC2)c2cccnc12. The molecule has 1 saturated carbocycles. The summed E-state index contributed by atoms with van der Waals surface area (Å²) >= 11 is 6.38. The number of pyridine rings is 2. The summed E-state index contributed by atoms with van der Waals surface area (Å²) in [7, 11) is 0. The van der Waals surface area contributed by atoms with Crippen molar-refractivity contribution in [3.05, 3.63) is 71.4 Å². The summed E-state index contributed by atoms with van der Waals surface area (Å²) in [5.41, 5.74) is 6.42. The van der Waals surface area contributed by atoms with Gasteiger partial charge >= 0.3 is 0 Å². The van der Waals surface area contributed by atoms with Gasteiger partial charge in [0.05, 0.1) is 28.6 Å². The van der Waals surface area contributed by atoms with Crippen LogP contribution in [0.5, 0.6) is 0 Å². The first-order valence-electron chi connectivity index (χ1n) is 11.0. The van der Waals surface area contributed by atoms with Crippen molar-refractivity contribution >= 4 is 33.7 Å². The van der Waals surface area contributed by atoms with Crippen molar-refractivity contribution in [1.29, 1.82) is 0 Å². The van der Waals surface area contributed by atoms with Crippen molar-refractivity contribution in [2.24, 2.45) is 5.92 Å². The number of imidazole rings is 1. The van der Waals surface area contributed by atoms with Crippen molar-refractivity contribution in [2.75, 3.05) is 18.0 Å². The summed E-state index contributed by atoms with van der Waals surface area (Å²) in [5.74, 6) is 1.48. The van der Waals surface area contributed by atoms with Crippen LogP contribution in [0.3, 0.4) is 0 Å². The molecule has 2 fully saturated rings. The molecule has 0 spiro atoms. The molecule has 30 heavy (non-hydrogen) atoms. The normalized spacial score (nSPS) is 17.8. The Morgan fingerprint density at radius 2 is 1.87 bits per heavy atom. The summed E-state index contributed by atoms with van der Waals surface area (Å²) in [4.78, 5) is 11.4. The van der Waals surface area contributed by atoms with Gasteiger partial charge in [0.1, 0.15) is 0 Å². The van der Waals surface area contributed by atoms with Crippen LogP contribution in [0.25, 0.3) is 16.4 Å². The number of aromatic nitrogens is 3. The topological polar surface area (TPSA) is 33.4 Å². The summed E-state index contributed by atoms with van der Waals surface area (Å²) in [5, 5.41) is 1.88. The van der Waals surface area contributed by atoms with Crippen LogP contribution in [0.4, 0.5) is 5.69 Å². The molecule has 1 aliphatic carbocycles. The molecule has 0 bridgehead atoms. The largest absolute Gasteiger partial charge is 0.371 e. The first kappa shape index (κ1) is 18.2. The molecule has 0 unspecified atom stereocenters. The van der Waals surface area contributed by atoms with Crippen molar-refractivity contribution in [3.8, 4) is 0 Å². The number of hydrogen-bond donors (Lipinski definition) is 0. The number of rotatable bonds is 4. The van der Waals surface area contributed by atoms with E-state index >= 15 is 0 Å². The summed E-state index contributed by atoms with van der Waals surface area (Å²) in [6.45, 7) is 2.16. The highest BCUT2D eigenvalue weighted by Gasteiger charge is 2.29. The van der Waals surface area contributed by atoms with Gasteiger partial charge in [0.2, 0.25) is 0 Å². The Morgan fingerprint density at radius 1 is 1.00 bits per heavy atom. The number of halogens is 1. The number of anilines is 1. The van der Waals surface area contributed by atoms with Gasteiger partial charge in [-0.1, -0.05) is 17.7 Å². The molecule has 1 aliphatic heterocycles. The molecule has 5 heteroatoms. The van der Waals surface area contributed by atoms with Gasteiger partial charge in [0.15, 0.2) is 0 Å². The van der Waals surface area contributed by atoms with Crippen LogP contribution in [-0.4, -0.2) is 27.5 Å². The van der Waals surface area contributed by atoms with Crippen LogP contribution in [0.15, 0.2) is 55.1 Å². The Labute approximate surface area is 181 Å². The van der Waals surface area contributed by atoms with Gasteiger partial charge in [-0.25, -0.2) is 4.98 Å². The van der Waals surface area contributed by atoms with Gasteiger partial charge < -0.3 is 9.30 Å². The molecule has 0 N–H and O–H groups in total. The Bertz CT molecular complexity index is 1220. The molecule has 1 saturated heterocycles. The average molecular weight is 417 g/mol. The van der Waals surface area contributed by atoms with Crippen LogP contribution >= 0.6 is 11.6 Å². The second kappa shape index (κ2) is 7.28. The lowest BCUT2D eigenvalue weighted by Crippen LogP contribution is -2.34. The van der Waals surface area contributed by atoms with Crippen LogP contribution in [0.1, 0.15) is 42.9 Å². The zero-order valence-corrected chi connectivity index (χ0v) is 17.7. The number of piperidine rings is 1. The van der Waals surface area contributed by atoms with E-state index in [1.165, 1.54) is 42.6 Å². The minimum absolute atomic E-state index is 0.712. The van der Waals surface area contributed by atoms with E-state index in [1.54, 1.807) is 5.56 Å². The number of nitrogens with zero attached hydrogens (tertiary/aromatic N) is 4. The molecule has 2 aliphatic rings. The van der Waals surface area contributed by atoms with Gasteiger partial charge in [0.25, 0.3) is 0 Å². The maximum absolute atomic E-state index is 6.38. The average Bonchev–Trinajstić information content (AvgIpc) is 3.51. The Hall–Kier alpha value is -2.59. The fourth-order valence-electron chi connectivity index (χ4n) is 5.10. The van der Waals surface area contributed by atoms with E-state index in [9.17, 15) is 0 Å². The highest BCUT2D eigenvalue weighted by Crippen LogP contribution is 2.43. The Balaban J connectivity index is 1.23. The van der Waals surface area contributed by atoms with Gasteiger partial charge in [0, 0.05) is 36.1 Å². The zero-order chi connectivity index (χ0) is 20.1. The molecular formula is C25H25ClN4. The molecule has 4 aromatic rings. The maximum atomic E-state index is 6.38. The smallest absolute Gasteiger partial charge is 0.0994 e. The van der Waals surface area contributed by atoms with Gasteiger partial charge in [-0.3, -0.25) is 4.98 Å². The lowest BCUT2D eigenvalue weighted by molar-refractivity contribution is 0.399. The fraction of sp³-hybridized carbons (Fsp3) is 0.360. The van der Waals surface area contributed by atoms with Crippen molar-refractivity contribution in [3.63, 3.8) is 0 Å². The van der Waals surface area contributed by atoms with E-state index in [0.29, 0.717) is 5.92 Å². The third kappa shape index (κ3) is 3.14. The van der Waals surface area contributed by atoms with Gasteiger partial charge in [-0.05, 0) is 79.8 Å². The van der Waals surface area contributed by atoms with Crippen molar-refractivity contribution in [2.45, 2.75) is 38.0 Å². The highest BCUT2D eigenvalue weighted by molar-refractivity contribution is 6.35. The van der Waals surface area contributed by atoms with Crippen molar-refractivity contribution < 1.29 is 0 Å². The Kier molecular flexibility index (Phi) is 4.41. The minimum atomic E-state index is 0.712. The van der Waals surface area contributed by atoms with Crippen LogP contribution in [-0.2, 0) is 6.42 Å². The lowest BCUT2D eigenvalue weighted by atomic mass is 9.89. The highest BCUT2D eigenvalue weighted by atomic mass is 35.5. The zero-order valence-electron chi connectivity index (χ0n) is 17.0. The molecule has 0 amide bonds. The van der Waals surface area contributed by atoms with Crippen molar-refractivity contribution in [1.82, 2.24) is 14.4 Å². The lowest BCUT2D eigenvalue weighted by Gasteiger charge is -2.34. The fourth-order valence-corrected chi connectivity index (χ4v) is 5.31. The maximum Gasteiger partial charge on any atom is 0.0994 e. The molecule has 4 heterocycles. The second-order valence-corrected chi connectivity index (χ2v) is 9.21. The summed E-state index contributed by atoms with van der Waals surface area (Å²) in [6, 6.07) is 12.9. The third-order valence-corrected chi connectivity index (χ3v) is 7.18. The Morgan fingerprint density at radius 3 is 2.70 bits per heavy atom. The van der Waals surface area contributed by atoms with E-state index in [4.69, 9.17) is 11.6 Å². The van der Waals surface area contributed by atoms with E-state index in [2.05, 4.69) is 43.5 Å². The van der Waals surface area contributed by atoms with Gasteiger partial charge in [-0.2, -0.15) is 0 Å². The predicted molar refractivity (Wildman–Crippen MR) is 123 cm³/mol. The summed E-state index contributed by atoms with van der Waals surface area (Å²) in [6.07, 6.45) is 12.0. The molecule has 6 rings (SSSR count). The van der Waals surface area contributed by atoms with E-state index in [1.807, 2.05) is 30.9 Å². The summed E-state index contributed by atoms with van der Waals surface area (Å²) < 4.78 is 2.33. The molecule has 152 valence electrons. The number of benzene rings is 1. The number of fused-ring (bicyclic) bond motifs is 2. The van der Waals surface area contributed by atoms with Crippen LogP contribution in [0, 0.1) is 5.92 Å². The van der Waals surface area contributed by atoms with E-state index in [-0.39, 0.29) is 0 Å². The number of hydrogen-bond acceptors (Lipinski definition) is 3. The first-order valence-corrected chi connectivity index (χ1v) is 11.4. The van der Waals surface area contributed by atoms with Crippen LogP contribution in [0.2, 0.25) is 5.02 Å². The molecule has 3 aromatic heterocycles. The molecule has 0 radical (unpaired) electrons. The van der Waals surface area contributed by atoms with E-state index < -0.39 is 0 Å². The second-order valence-electron chi connectivity index (χ2n) is 8.80. The molecular weight excluding hydrogens is 392 g/mol. The standard InChI is InChI=1S/C25H25ClN4/c26-22-7-8-23(21-2-1-11-28-25(21)22)29-12-9-17(10-13-29)14-24-20(18-3-4-18)6-5-19-15-27-16-30(19)24/h1-2,5-8,11,15-18H,3-4,9-10,12-14H2. The molecule has 1 aromatic carbocycles. The minimum Gasteiger partial charge on any atom is -0.371 e. The first-order chi connectivity index (χ1) is 14.8. The van der Waals surface area contributed by atoms with E-state index in [0.717, 1.165) is 41.4 Å². The van der Waals surface area contributed by atoms with Gasteiger partial charge in [-0.15, -0.1) is 0 Å². The monoisotopic (exact) mass is 416 g/mol. The van der Waals surface area contributed by atoms with Crippen LogP contribution < -0.4 is 4.90 Å². The predicted octanol–water partition coefficient (Wildman–Crippen LogP) is 5.87. The molecule has 0 atom stereocenters.